The summed E-state index contributed by atoms with van der Waals surface area (Å²) in [5.41, 5.74) is 6.37. The molecule has 0 unspecified atom stereocenters. The number of hydrogen-bond donors (Lipinski definition) is 2. The Labute approximate surface area is 102 Å². The number of hydrogen-bond acceptors (Lipinski definition) is 2. The Balaban J connectivity index is 4.68. The van der Waals surface area contributed by atoms with Crippen LogP contribution < -0.4 is 5.73 Å². The van der Waals surface area contributed by atoms with Crippen LogP contribution >= 0.6 is 0 Å². The fourth-order valence-corrected chi connectivity index (χ4v) is 1.97. The van der Waals surface area contributed by atoms with Crippen LogP contribution in [0.4, 0.5) is 0 Å². The Bertz CT molecular complexity index is 188. The Morgan fingerprint density at radius 3 is 1.50 bits per heavy atom. The first-order chi connectivity index (χ1) is 6.89. The van der Waals surface area contributed by atoms with Gasteiger partial charge in [-0.25, -0.2) is 0 Å². The van der Waals surface area contributed by atoms with E-state index in [0.717, 1.165) is 0 Å². The van der Waals surface area contributed by atoms with Gasteiger partial charge < -0.3 is 10.8 Å². The Kier molecular flexibility index (Phi) is 5.03. The zero-order valence-electron chi connectivity index (χ0n) is 12.3. The molecule has 0 radical (unpaired) electrons. The lowest BCUT2D eigenvalue weighted by molar-refractivity contribution is -0.00619. The van der Waals surface area contributed by atoms with Crippen molar-refractivity contribution in [2.75, 3.05) is 0 Å². The SMILES string of the molecule is C[C@H]([C@@H](O)[C@@H](C)C(C)(C)C)[C@@H](N)C(C)(C)C. The van der Waals surface area contributed by atoms with Gasteiger partial charge in [0.15, 0.2) is 0 Å². The minimum Gasteiger partial charge on any atom is -0.392 e. The van der Waals surface area contributed by atoms with Gasteiger partial charge in [0, 0.05) is 6.04 Å². The maximum Gasteiger partial charge on any atom is 0.0611 e. The van der Waals surface area contributed by atoms with Crippen LogP contribution in [-0.4, -0.2) is 17.3 Å². The van der Waals surface area contributed by atoms with Crippen LogP contribution in [0.1, 0.15) is 55.4 Å². The van der Waals surface area contributed by atoms with Crippen LogP contribution in [0.15, 0.2) is 0 Å². The van der Waals surface area contributed by atoms with Gasteiger partial charge in [-0.05, 0) is 22.7 Å². The first-order valence-electron chi connectivity index (χ1n) is 6.32. The topological polar surface area (TPSA) is 46.2 Å². The Morgan fingerprint density at radius 2 is 1.25 bits per heavy atom. The summed E-state index contributed by atoms with van der Waals surface area (Å²) in [6, 6.07) is 0.0206. The minimum absolute atomic E-state index is 0.0206. The third-order valence-corrected chi connectivity index (χ3v) is 3.98. The molecule has 98 valence electrons. The monoisotopic (exact) mass is 229 g/mol. The first-order valence-corrected chi connectivity index (χ1v) is 6.32. The van der Waals surface area contributed by atoms with E-state index in [9.17, 15) is 5.11 Å². The summed E-state index contributed by atoms with van der Waals surface area (Å²) in [6.07, 6.45) is -0.339. The van der Waals surface area contributed by atoms with Gasteiger partial charge in [-0.3, -0.25) is 0 Å². The van der Waals surface area contributed by atoms with E-state index in [4.69, 9.17) is 5.73 Å². The zero-order valence-corrected chi connectivity index (χ0v) is 12.3. The third kappa shape index (κ3) is 4.06. The molecule has 2 heteroatoms. The average molecular weight is 229 g/mol. The summed E-state index contributed by atoms with van der Waals surface area (Å²) in [6.45, 7) is 17.0. The van der Waals surface area contributed by atoms with Crippen LogP contribution in [-0.2, 0) is 0 Å². The van der Waals surface area contributed by atoms with Crippen molar-refractivity contribution in [2.45, 2.75) is 67.5 Å². The maximum atomic E-state index is 10.4. The molecule has 0 heterocycles. The predicted octanol–water partition coefficient (Wildman–Crippen LogP) is 3.04. The highest BCUT2D eigenvalue weighted by Gasteiger charge is 2.36. The summed E-state index contributed by atoms with van der Waals surface area (Å²) in [5, 5.41) is 10.4. The van der Waals surface area contributed by atoms with Gasteiger partial charge in [0.2, 0.25) is 0 Å². The smallest absolute Gasteiger partial charge is 0.0611 e. The van der Waals surface area contributed by atoms with E-state index < -0.39 is 0 Å². The van der Waals surface area contributed by atoms with Gasteiger partial charge in [0.05, 0.1) is 6.10 Å². The van der Waals surface area contributed by atoms with Crippen LogP contribution in [0.3, 0.4) is 0 Å². The van der Waals surface area contributed by atoms with Crippen LogP contribution in [0.2, 0.25) is 0 Å². The lowest BCUT2D eigenvalue weighted by Gasteiger charge is -2.40. The molecular formula is C14H31NO. The van der Waals surface area contributed by atoms with Crippen molar-refractivity contribution in [1.82, 2.24) is 0 Å². The molecule has 0 aliphatic heterocycles. The van der Waals surface area contributed by atoms with Crippen molar-refractivity contribution in [3.63, 3.8) is 0 Å². The lowest BCUT2D eigenvalue weighted by atomic mass is 9.70. The molecular weight excluding hydrogens is 198 g/mol. The lowest BCUT2D eigenvalue weighted by Crippen LogP contribution is -2.48. The summed E-state index contributed by atoms with van der Waals surface area (Å²) >= 11 is 0. The maximum absolute atomic E-state index is 10.4. The molecule has 0 saturated heterocycles. The molecule has 0 fully saturated rings. The zero-order chi connectivity index (χ0) is 13.3. The molecule has 0 aromatic rings. The van der Waals surface area contributed by atoms with Crippen molar-refractivity contribution in [3.05, 3.63) is 0 Å². The molecule has 0 aliphatic rings. The fourth-order valence-electron chi connectivity index (χ4n) is 1.97. The normalized spacial score (nSPS) is 21.4. The van der Waals surface area contributed by atoms with E-state index in [0.29, 0.717) is 0 Å². The molecule has 0 aromatic carbocycles. The highest BCUT2D eigenvalue weighted by atomic mass is 16.3. The van der Waals surface area contributed by atoms with Crippen molar-refractivity contribution in [2.24, 2.45) is 28.4 Å². The van der Waals surface area contributed by atoms with E-state index >= 15 is 0 Å². The second-order valence-electron chi connectivity index (χ2n) is 7.40. The van der Waals surface area contributed by atoms with Gasteiger partial charge in [0.1, 0.15) is 0 Å². The van der Waals surface area contributed by atoms with E-state index in [-0.39, 0.29) is 34.8 Å². The second kappa shape index (κ2) is 5.05. The summed E-state index contributed by atoms with van der Waals surface area (Å²) in [5.74, 6) is 0.366. The summed E-state index contributed by atoms with van der Waals surface area (Å²) in [4.78, 5) is 0. The molecule has 0 amide bonds. The molecule has 2 nitrogen and oxygen atoms in total. The molecule has 4 atom stereocenters. The molecule has 3 N–H and O–H groups in total. The first kappa shape index (κ1) is 15.9. The number of rotatable bonds is 3. The molecule has 16 heavy (non-hydrogen) atoms. The number of aliphatic hydroxyl groups excluding tert-OH is 1. The van der Waals surface area contributed by atoms with Gasteiger partial charge >= 0.3 is 0 Å². The highest BCUT2D eigenvalue weighted by molar-refractivity contribution is 4.89. The van der Waals surface area contributed by atoms with Gasteiger partial charge in [-0.2, -0.15) is 0 Å². The molecule has 0 aliphatic carbocycles. The molecule has 0 spiro atoms. The molecule has 0 rings (SSSR count). The van der Waals surface area contributed by atoms with E-state index in [2.05, 4.69) is 55.4 Å². The van der Waals surface area contributed by atoms with E-state index in [1.165, 1.54) is 0 Å². The van der Waals surface area contributed by atoms with Crippen LogP contribution in [0.25, 0.3) is 0 Å². The van der Waals surface area contributed by atoms with E-state index in [1.807, 2.05) is 0 Å². The Morgan fingerprint density at radius 1 is 0.875 bits per heavy atom. The standard InChI is InChI=1S/C14H31NO/c1-9(12(15)14(6,7)8)11(16)10(2)13(3,4)5/h9-12,16H,15H2,1-8H3/t9-,10-,11-,12-/m1/s1. The van der Waals surface area contributed by atoms with Crippen molar-refractivity contribution in [3.8, 4) is 0 Å². The predicted molar refractivity (Wildman–Crippen MR) is 71.2 cm³/mol. The minimum atomic E-state index is -0.339. The van der Waals surface area contributed by atoms with E-state index in [1.54, 1.807) is 0 Å². The summed E-state index contributed by atoms with van der Waals surface area (Å²) < 4.78 is 0. The van der Waals surface area contributed by atoms with Crippen molar-refractivity contribution >= 4 is 0 Å². The van der Waals surface area contributed by atoms with Gasteiger partial charge in [-0.15, -0.1) is 0 Å². The van der Waals surface area contributed by atoms with Crippen molar-refractivity contribution in [1.29, 1.82) is 0 Å². The quantitative estimate of drug-likeness (QED) is 0.781. The molecule has 0 bridgehead atoms. The second-order valence-corrected chi connectivity index (χ2v) is 7.40. The third-order valence-electron chi connectivity index (χ3n) is 3.98. The van der Waals surface area contributed by atoms with Crippen LogP contribution in [0, 0.1) is 22.7 Å². The summed E-state index contributed by atoms with van der Waals surface area (Å²) in [7, 11) is 0. The average Bonchev–Trinajstić information content (AvgIpc) is 2.10. The number of nitrogens with two attached hydrogens (primary N) is 1. The molecule has 0 saturated carbocycles. The van der Waals surface area contributed by atoms with Crippen LogP contribution in [0.5, 0.6) is 0 Å². The molecule has 0 aromatic heterocycles. The largest absolute Gasteiger partial charge is 0.392 e. The van der Waals surface area contributed by atoms with Gasteiger partial charge in [0.25, 0.3) is 0 Å². The fraction of sp³-hybridized carbons (Fsp3) is 1.00. The van der Waals surface area contributed by atoms with Crippen molar-refractivity contribution < 1.29 is 5.11 Å². The number of aliphatic hydroxyl groups is 1. The van der Waals surface area contributed by atoms with Gasteiger partial charge in [-0.1, -0.05) is 55.4 Å². The highest BCUT2D eigenvalue weighted by Crippen LogP contribution is 2.34. The Hall–Kier alpha value is -0.0800.